The molecule has 4 rings (SSSR count). The summed E-state index contributed by atoms with van der Waals surface area (Å²) < 4.78 is 0. The molecule has 6 atom stereocenters. The average Bonchev–Trinajstić information content (AvgIpc) is 2.76. The minimum Gasteiger partial charge on any atom is -0.322 e. The van der Waals surface area contributed by atoms with E-state index in [0.717, 1.165) is 42.9 Å². The fourth-order valence-corrected chi connectivity index (χ4v) is 5.51. The van der Waals surface area contributed by atoms with E-state index in [9.17, 15) is 4.79 Å². The predicted molar refractivity (Wildman–Crippen MR) is 74.4 cm³/mol. The van der Waals surface area contributed by atoms with E-state index in [1.807, 2.05) is 0 Å². The van der Waals surface area contributed by atoms with Gasteiger partial charge in [0.15, 0.2) is 0 Å². The Morgan fingerprint density at radius 1 is 1.21 bits per heavy atom. The summed E-state index contributed by atoms with van der Waals surface area (Å²) >= 11 is 0. The lowest BCUT2D eigenvalue weighted by atomic mass is 10.0. The van der Waals surface area contributed by atoms with Crippen LogP contribution in [-0.4, -0.2) is 29.1 Å². The second-order valence-electron chi connectivity index (χ2n) is 7.16. The molecule has 0 aromatic heterocycles. The Morgan fingerprint density at radius 3 is 2.47 bits per heavy atom. The maximum Gasteiger partial charge on any atom is 0.241 e. The van der Waals surface area contributed by atoms with Crippen molar-refractivity contribution in [1.82, 2.24) is 10.2 Å². The van der Waals surface area contributed by atoms with Crippen molar-refractivity contribution in [3.05, 3.63) is 0 Å². The van der Waals surface area contributed by atoms with Gasteiger partial charge in [0, 0.05) is 6.04 Å². The SMILES string of the molecule is CCCC1NC(CC)C(=O)N1C1C2C3CCC(C3)C21. The molecule has 1 aliphatic heterocycles. The molecule has 0 aromatic rings. The van der Waals surface area contributed by atoms with Crippen LogP contribution in [0.1, 0.15) is 52.4 Å². The van der Waals surface area contributed by atoms with Crippen LogP contribution in [0.25, 0.3) is 0 Å². The molecule has 4 fully saturated rings. The van der Waals surface area contributed by atoms with Crippen molar-refractivity contribution in [1.29, 1.82) is 0 Å². The first kappa shape index (κ1) is 12.2. The highest BCUT2D eigenvalue weighted by Crippen LogP contribution is 2.67. The lowest BCUT2D eigenvalue weighted by Gasteiger charge is -2.27. The van der Waals surface area contributed by atoms with E-state index in [1.54, 1.807) is 0 Å². The molecule has 3 heteroatoms. The first-order chi connectivity index (χ1) is 9.26. The molecule has 1 amide bonds. The highest BCUT2D eigenvalue weighted by molar-refractivity contribution is 5.85. The van der Waals surface area contributed by atoms with Gasteiger partial charge in [0.25, 0.3) is 0 Å². The van der Waals surface area contributed by atoms with Crippen LogP contribution in [0.4, 0.5) is 0 Å². The number of hydrogen-bond acceptors (Lipinski definition) is 2. The lowest BCUT2D eigenvalue weighted by Crippen LogP contribution is -2.41. The standard InChI is InChI=1S/C16H26N2O/c1-3-5-12-17-11(4-2)16(19)18(12)15-13-9-6-7-10(8-9)14(13)15/h9-15,17H,3-8H2,1-2H3. The van der Waals surface area contributed by atoms with Gasteiger partial charge in [-0.15, -0.1) is 0 Å². The molecule has 3 nitrogen and oxygen atoms in total. The Bertz CT molecular complexity index is 380. The maximum atomic E-state index is 12.6. The topological polar surface area (TPSA) is 32.3 Å². The van der Waals surface area contributed by atoms with Crippen molar-refractivity contribution in [3.8, 4) is 0 Å². The number of carbonyl (C=O) groups excluding carboxylic acids is 1. The number of nitrogens with zero attached hydrogens (tertiary/aromatic N) is 1. The van der Waals surface area contributed by atoms with E-state index in [1.165, 1.54) is 19.3 Å². The largest absolute Gasteiger partial charge is 0.322 e. The van der Waals surface area contributed by atoms with E-state index in [4.69, 9.17) is 0 Å². The van der Waals surface area contributed by atoms with Gasteiger partial charge in [-0.2, -0.15) is 0 Å². The van der Waals surface area contributed by atoms with Crippen LogP contribution < -0.4 is 5.32 Å². The van der Waals surface area contributed by atoms with E-state index in [-0.39, 0.29) is 6.04 Å². The Balaban J connectivity index is 1.54. The van der Waals surface area contributed by atoms with E-state index >= 15 is 0 Å². The summed E-state index contributed by atoms with van der Waals surface area (Å²) in [5.74, 6) is 4.06. The summed E-state index contributed by atoms with van der Waals surface area (Å²) in [5, 5.41) is 3.58. The van der Waals surface area contributed by atoms with Crippen LogP contribution >= 0.6 is 0 Å². The summed E-state index contributed by atoms with van der Waals surface area (Å²) in [7, 11) is 0. The molecule has 3 aliphatic carbocycles. The highest BCUT2D eigenvalue weighted by Gasteiger charge is 2.69. The van der Waals surface area contributed by atoms with Crippen molar-refractivity contribution in [3.63, 3.8) is 0 Å². The van der Waals surface area contributed by atoms with Gasteiger partial charge >= 0.3 is 0 Å². The summed E-state index contributed by atoms with van der Waals surface area (Å²) in [4.78, 5) is 14.9. The number of rotatable bonds is 4. The zero-order chi connectivity index (χ0) is 13.1. The van der Waals surface area contributed by atoms with Gasteiger partial charge in [-0.3, -0.25) is 10.1 Å². The number of hydrogen-bond donors (Lipinski definition) is 1. The van der Waals surface area contributed by atoms with Gasteiger partial charge in [0.05, 0.1) is 12.2 Å². The quantitative estimate of drug-likeness (QED) is 0.843. The number of nitrogens with one attached hydrogen (secondary N) is 1. The third kappa shape index (κ3) is 1.57. The molecule has 0 radical (unpaired) electrons. The molecule has 19 heavy (non-hydrogen) atoms. The Labute approximate surface area is 116 Å². The molecule has 1 heterocycles. The normalized spacial score (nSPS) is 50.9. The van der Waals surface area contributed by atoms with Gasteiger partial charge < -0.3 is 4.90 Å². The van der Waals surface area contributed by atoms with Crippen LogP contribution in [-0.2, 0) is 4.79 Å². The highest BCUT2D eigenvalue weighted by atomic mass is 16.2. The van der Waals surface area contributed by atoms with Gasteiger partial charge in [-0.05, 0) is 55.8 Å². The zero-order valence-corrected chi connectivity index (χ0v) is 12.1. The Hall–Kier alpha value is -0.570. The zero-order valence-electron chi connectivity index (χ0n) is 12.1. The molecule has 2 bridgehead atoms. The molecular weight excluding hydrogens is 236 g/mol. The number of amides is 1. The molecule has 3 saturated carbocycles. The first-order valence-corrected chi connectivity index (χ1v) is 8.34. The molecule has 1 N–H and O–H groups in total. The summed E-state index contributed by atoms with van der Waals surface area (Å²) in [5.41, 5.74) is 0. The molecule has 0 spiro atoms. The molecule has 0 aromatic carbocycles. The molecule has 1 saturated heterocycles. The summed E-state index contributed by atoms with van der Waals surface area (Å²) in [6.45, 7) is 4.35. The fourth-order valence-electron chi connectivity index (χ4n) is 5.51. The fraction of sp³-hybridized carbons (Fsp3) is 0.938. The molecular formula is C16H26N2O. The van der Waals surface area contributed by atoms with E-state index in [0.29, 0.717) is 18.1 Å². The maximum absolute atomic E-state index is 12.6. The number of carbonyl (C=O) groups is 1. The van der Waals surface area contributed by atoms with E-state index in [2.05, 4.69) is 24.1 Å². The van der Waals surface area contributed by atoms with Gasteiger partial charge in [0.1, 0.15) is 0 Å². The first-order valence-electron chi connectivity index (χ1n) is 8.34. The van der Waals surface area contributed by atoms with E-state index < -0.39 is 0 Å². The van der Waals surface area contributed by atoms with Crippen LogP contribution in [0.2, 0.25) is 0 Å². The summed E-state index contributed by atoms with van der Waals surface area (Å²) in [6, 6.07) is 0.704. The van der Waals surface area contributed by atoms with Gasteiger partial charge in [-0.25, -0.2) is 0 Å². The third-order valence-corrected chi connectivity index (χ3v) is 6.27. The molecule has 4 aliphatic rings. The monoisotopic (exact) mass is 262 g/mol. The minimum atomic E-state index is 0.0931. The Kier molecular flexibility index (Phi) is 2.70. The second-order valence-corrected chi connectivity index (χ2v) is 7.16. The molecule has 6 unspecified atom stereocenters. The lowest BCUT2D eigenvalue weighted by molar-refractivity contribution is -0.131. The van der Waals surface area contributed by atoms with Crippen LogP contribution in [0, 0.1) is 23.7 Å². The van der Waals surface area contributed by atoms with Crippen molar-refractivity contribution in [2.45, 2.75) is 70.6 Å². The average molecular weight is 262 g/mol. The Morgan fingerprint density at radius 2 is 1.89 bits per heavy atom. The minimum absolute atomic E-state index is 0.0931. The predicted octanol–water partition coefficient (Wildman–Crippen LogP) is 2.37. The van der Waals surface area contributed by atoms with Crippen LogP contribution in [0.5, 0.6) is 0 Å². The molecule has 106 valence electrons. The van der Waals surface area contributed by atoms with Gasteiger partial charge in [-0.1, -0.05) is 20.3 Å². The van der Waals surface area contributed by atoms with Gasteiger partial charge in [0.2, 0.25) is 5.91 Å². The van der Waals surface area contributed by atoms with Crippen LogP contribution in [0.3, 0.4) is 0 Å². The van der Waals surface area contributed by atoms with Crippen molar-refractivity contribution >= 4 is 5.91 Å². The van der Waals surface area contributed by atoms with Crippen LogP contribution in [0.15, 0.2) is 0 Å². The smallest absolute Gasteiger partial charge is 0.241 e. The van der Waals surface area contributed by atoms with Crippen molar-refractivity contribution < 1.29 is 4.79 Å². The second kappa shape index (κ2) is 4.21. The number of fused-ring (bicyclic) bond motifs is 5. The third-order valence-electron chi connectivity index (χ3n) is 6.27. The van der Waals surface area contributed by atoms with Crippen molar-refractivity contribution in [2.75, 3.05) is 0 Å². The van der Waals surface area contributed by atoms with Crippen molar-refractivity contribution in [2.24, 2.45) is 23.7 Å². The summed E-state index contributed by atoms with van der Waals surface area (Å²) in [6.07, 6.45) is 7.89.